The van der Waals surface area contributed by atoms with E-state index in [2.05, 4.69) is 4.90 Å². The number of hydrogen-bond donors (Lipinski definition) is 1. The van der Waals surface area contributed by atoms with E-state index in [1.807, 2.05) is 20.9 Å². The number of carbonyl (C=O) groups is 1. The Morgan fingerprint density at radius 1 is 1.32 bits per heavy atom. The lowest BCUT2D eigenvalue weighted by Crippen LogP contribution is -2.53. The second-order valence-electron chi connectivity index (χ2n) is 5.89. The van der Waals surface area contributed by atoms with Crippen molar-refractivity contribution in [3.8, 4) is 0 Å². The monoisotopic (exact) mass is 307 g/mol. The third-order valence-electron chi connectivity index (χ3n) is 4.53. The lowest BCUT2D eigenvalue weighted by atomic mass is 9.92. The quantitative estimate of drug-likeness (QED) is 0.685. The predicted octanol–water partition coefficient (Wildman–Crippen LogP) is 2.95. The van der Waals surface area contributed by atoms with Gasteiger partial charge in [-0.15, -0.1) is 0 Å². The van der Waals surface area contributed by atoms with E-state index < -0.39 is 11.0 Å². The Morgan fingerprint density at radius 3 is 2.36 bits per heavy atom. The van der Waals surface area contributed by atoms with Crippen molar-refractivity contribution in [3.63, 3.8) is 0 Å². The Kier molecular flexibility index (Phi) is 4.65. The van der Waals surface area contributed by atoms with Gasteiger partial charge in [-0.1, -0.05) is 12.1 Å². The smallest absolute Gasteiger partial charge is 0.412 e. The number of benzene rings is 1. The largest absolute Gasteiger partial charge is 0.465 e. The number of hydrogen-bond acceptors (Lipinski definition) is 4. The van der Waals surface area contributed by atoms with Crippen molar-refractivity contribution in [1.82, 2.24) is 4.90 Å². The molecule has 0 bridgehead atoms. The van der Waals surface area contributed by atoms with Gasteiger partial charge in [-0.25, -0.2) is 4.79 Å². The minimum absolute atomic E-state index is 0.147. The molecule has 1 heterocycles. The highest BCUT2D eigenvalue weighted by atomic mass is 16.6. The molecular formula is C15H21N3O4. The Bertz CT molecular complexity index is 566. The number of likely N-dealkylation sites (tertiary alicyclic amines) is 1. The summed E-state index contributed by atoms with van der Waals surface area (Å²) >= 11 is 0. The highest BCUT2D eigenvalue weighted by Gasteiger charge is 2.37. The number of piperidine rings is 1. The molecule has 1 aliphatic rings. The van der Waals surface area contributed by atoms with E-state index in [0.29, 0.717) is 12.8 Å². The molecule has 0 radical (unpaired) electrons. The van der Waals surface area contributed by atoms with Gasteiger partial charge in [0, 0.05) is 24.2 Å². The molecule has 1 aliphatic heterocycles. The first-order chi connectivity index (χ1) is 10.3. The van der Waals surface area contributed by atoms with Crippen LogP contribution in [0.4, 0.5) is 16.2 Å². The van der Waals surface area contributed by atoms with Crippen molar-refractivity contribution in [1.29, 1.82) is 0 Å². The molecule has 1 saturated heterocycles. The van der Waals surface area contributed by atoms with Crippen LogP contribution in [0.5, 0.6) is 0 Å². The number of nitrogens with zero attached hydrogens (tertiary/aromatic N) is 3. The summed E-state index contributed by atoms with van der Waals surface area (Å²) in [6.45, 7) is 4.09. The molecule has 0 spiro atoms. The molecule has 7 heteroatoms. The number of nitro groups is 1. The van der Waals surface area contributed by atoms with Gasteiger partial charge in [0.15, 0.2) is 0 Å². The molecule has 1 N–H and O–H groups in total. The fourth-order valence-corrected chi connectivity index (χ4v) is 3.14. The molecule has 22 heavy (non-hydrogen) atoms. The Morgan fingerprint density at radius 2 is 1.86 bits per heavy atom. The van der Waals surface area contributed by atoms with Crippen LogP contribution < -0.4 is 4.90 Å². The molecule has 2 atom stereocenters. The number of para-hydroxylation sites is 2. The van der Waals surface area contributed by atoms with E-state index in [9.17, 15) is 20.0 Å². The van der Waals surface area contributed by atoms with Gasteiger partial charge >= 0.3 is 6.09 Å². The summed E-state index contributed by atoms with van der Waals surface area (Å²) in [5, 5.41) is 20.8. The zero-order valence-corrected chi connectivity index (χ0v) is 13.0. The van der Waals surface area contributed by atoms with E-state index in [-0.39, 0.29) is 29.5 Å². The fraction of sp³-hybridized carbons (Fsp3) is 0.533. The van der Waals surface area contributed by atoms with Crippen LogP contribution in [0.2, 0.25) is 0 Å². The van der Waals surface area contributed by atoms with Crippen molar-refractivity contribution < 1.29 is 14.8 Å². The standard InChI is InChI=1S/C15H21N3O4/c1-10-8-12(9-11(2)16(10)3)17(15(19)20)13-6-4-5-7-14(13)18(21)22/h4-7,10-12H,8-9H2,1-3H3,(H,19,20). The Hall–Kier alpha value is -2.15. The van der Waals surface area contributed by atoms with Crippen LogP contribution in [0, 0.1) is 10.1 Å². The van der Waals surface area contributed by atoms with Crippen LogP contribution in [-0.2, 0) is 0 Å². The topological polar surface area (TPSA) is 86.9 Å². The summed E-state index contributed by atoms with van der Waals surface area (Å²) in [4.78, 5) is 25.8. The molecule has 1 aromatic carbocycles. The van der Waals surface area contributed by atoms with Gasteiger partial charge in [0.1, 0.15) is 5.69 Å². The number of nitro benzene ring substituents is 1. The first kappa shape index (κ1) is 16.2. The van der Waals surface area contributed by atoms with Gasteiger partial charge in [0.25, 0.3) is 5.69 Å². The Balaban J connectivity index is 2.40. The molecule has 2 unspecified atom stereocenters. The van der Waals surface area contributed by atoms with E-state index >= 15 is 0 Å². The molecule has 0 saturated carbocycles. The molecule has 0 aliphatic carbocycles. The van der Waals surface area contributed by atoms with Crippen molar-refractivity contribution in [2.45, 2.75) is 44.8 Å². The minimum atomic E-state index is -1.15. The van der Waals surface area contributed by atoms with E-state index in [4.69, 9.17) is 0 Å². The molecule has 2 rings (SSSR count). The van der Waals surface area contributed by atoms with Crippen molar-refractivity contribution >= 4 is 17.5 Å². The van der Waals surface area contributed by atoms with Crippen LogP contribution in [0.15, 0.2) is 24.3 Å². The average Bonchev–Trinajstić information content (AvgIpc) is 2.45. The zero-order chi connectivity index (χ0) is 16.4. The van der Waals surface area contributed by atoms with Gasteiger partial charge in [0.05, 0.1) is 4.92 Å². The second kappa shape index (κ2) is 6.31. The number of carboxylic acid groups (broad SMARTS) is 1. The molecule has 1 amide bonds. The van der Waals surface area contributed by atoms with Crippen LogP contribution in [0.1, 0.15) is 26.7 Å². The highest BCUT2D eigenvalue weighted by molar-refractivity contribution is 5.90. The van der Waals surface area contributed by atoms with Gasteiger partial charge in [0.2, 0.25) is 0 Å². The van der Waals surface area contributed by atoms with E-state index in [0.717, 1.165) is 4.90 Å². The predicted molar refractivity (Wildman–Crippen MR) is 83.3 cm³/mol. The maximum Gasteiger partial charge on any atom is 0.412 e. The number of anilines is 1. The van der Waals surface area contributed by atoms with Gasteiger partial charge in [-0.05, 0) is 39.8 Å². The summed E-state index contributed by atoms with van der Waals surface area (Å²) in [6.07, 6.45) is 0.154. The SMILES string of the molecule is CC1CC(N(C(=O)O)c2ccccc2[N+](=O)[O-])CC(C)N1C. The van der Waals surface area contributed by atoms with Gasteiger partial charge in [-0.3, -0.25) is 15.0 Å². The number of rotatable bonds is 3. The third-order valence-corrected chi connectivity index (χ3v) is 4.53. The third kappa shape index (κ3) is 3.04. The molecular weight excluding hydrogens is 286 g/mol. The molecule has 1 aromatic rings. The fourth-order valence-electron chi connectivity index (χ4n) is 3.14. The summed E-state index contributed by atoms with van der Waals surface area (Å²) in [5.41, 5.74) is -0.0295. The van der Waals surface area contributed by atoms with Crippen molar-refractivity contribution in [3.05, 3.63) is 34.4 Å². The van der Waals surface area contributed by atoms with E-state index in [1.54, 1.807) is 12.1 Å². The normalized spacial score (nSPS) is 25.7. The number of amides is 1. The molecule has 0 aromatic heterocycles. The van der Waals surface area contributed by atoms with Gasteiger partial charge < -0.3 is 10.0 Å². The average molecular weight is 307 g/mol. The molecule has 1 fully saturated rings. The van der Waals surface area contributed by atoms with Crippen molar-refractivity contribution in [2.75, 3.05) is 11.9 Å². The maximum absolute atomic E-state index is 11.8. The summed E-state index contributed by atoms with van der Waals surface area (Å²) in [6, 6.07) is 6.19. The van der Waals surface area contributed by atoms with E-state index in [1.165, 1.54) is 12.1 Å². The second-order valence-corrected chi connectivity index (χ2v) is 5.89. The first-order valence-electron chi connectivity index (χ1n) is 7.30. The molecule has 7 nitrogen and oxygen atoms in total. The van der Waals surface area contributed by atoms with Gasteiger partial charge in [-0.2, -0.15) is 0 Å². The van der Waals surface area contributed by atoms with Crippen LogP contribution in [0.3, 0.4) is 0 Å². The molecule has 120 valence electrons. The summed E-state index contributed by atoms with van der Waals surface area (Å²) in [5.74, 6) is 0. The van der Waals surface area contributed by atoms with Crippen molar-refractivity contribution in [2.24, 2.45) is 0 Å². The first-order valence-corrected chi connectivity index (χ1v) is 7.30. The summed E-state index contributed by atoms with van der Waals surface area (Å²) in [7, 11) is 2.02. The van der Waals surface area contributed by atoms with Crippen LogP contribution >= 0.6 is 0 Å². The van der Waals surface area contributed by atoms with Crippen LogP contribution in [-0.4, -0.2) is 46.2 Å². The minimum Gasteiger partial charge on any atom is -0.465 e. The highest BCUT2D eigenvalue weighted by Crippen LogP contribution is 2.34. The lowest BCUT2D eigenvalue weighted by Gasteiger charge is -2.43. The maximum atomic E-state index is 11.8. The Labute approximate surface area is 129 Å². The van der Waals surface area contributed by atoms with Crippen LogP contribution in [0.25, 0.3) is 0 Å². The summed E-state index contributed by atoms with van der Waals surface area (Å²) < 4.78 is 0. The zero-order valence-electron chi connectivity index (χ0n) is 13.0. The lowest BCUT2D eigenvalue weighted by molar-refractivity contribution is -0.384.